The van der Waals surface area contributed by atoms with Gasteiger partial charge < -0.3 is 9.84 Å². The Hall–Kier alpha value is -1.58. The Morgan fingerprint density at radius 2 is 2.00 bits per heavy atom. The fraction of sp³-hybridized carbons (Fsp3) is 0.500. The van der Waals surface area contributed by atoms with Crippen molar-refractivity contribution in [2.24, 2.45) is 0 Å². The third-order valence-electron chi connectivity index (χ3n) is 2.75. The van der Waals surface area contributed by atoms with Crippen LogP contribution in [0.2, 0.25) is 0 Å². The van der Waals surface area contributed by atoms with Gasteiger partial charge >= 0.3 is 5.97 Å². The first-order valence-electron chi connectivity index (χ1n) is 6.03. The summed E-state index contributed by atoms with van der Waals surface area (Å²) >= 11 is 0. The van der Waals surface area contributed by atoms with E-state index in [0.29, 0.717) is 5.56 Å². The van der Waals surface area contributed by atoms with Gasteiger partial charge in [-0.3, -0.25) is 0 Å². The minimum Gasteiger partial charge on any atom is -0.508 e. The molecule has 3 nitrogen and oxygen atoms in total. The second kappa shape index (κ2) is 4.26. The third kappa shape index (κ3) is 2.81. The normalized spacial score (nSPS) is 15.6. The number of hydrogen-bond acceptors (Lipinski definition) is 3. The first kappa shape index (κ1) is 12.9. The highest BCUT2D eigenvalue weighted by Crippen LogP contribution is 2.44. The number of benzene rings is 1. The monoisotopic (exact) mass is 252 g/mol. The number of phenolic OH excluding ortho intramolecular Hbond substituents is 1. The highest BCUT2D eigenvalue weighted by Gasteiger charge is 2.29. The number of halogens is 1. The Kier molecular flexibility index (Phi) is 3.05. The van der Waals surface area contributed by atoms with Crippen LogP contribution in [0.5, 0.6) is 5.75 Å². The van der Waals surface area contributed by atoms with E-state index in [1.54, 1.807) is 20.8 Å². The van der Waals surface area contributed by atoms with Crippen LogP contribution >= 0.6 is 0 Å². The van der Waals surface area contributed by atoms with E-state index in [1.165, 1.54) is 6.07 Å². The van der Waals surface area contributed by atoms with Gasteiger partial charge in [0.2, 0.25) is 0 Å². The summed E-state index contributed by atoms with van der Waals surface area (Å²) in [5, 5.41) is 9.65. The molecule has 0 radical (unpaired) electrons. The molecule has 1 aliphatic carbocycles. The molecular formula is C14H17FO3. The molecule has 1 aromatic rings. The van der Waals surface area contributed by atoms with Crippen molar-refractivity contribution < 1.29 is 19.0 Å². The smallest absolute Gasteiger partial charge is 0.341 e. The first-order chi connectivity index (χ1) is 8.28. The van der Waals surface area contributed by atoms with Crippen LogP contribution in [0.4, 0.5) is 4.39 Å². The number of rotatable bonds is 2. The quantitative estimate of drug-likeness (QED) is 0.821. The topological polar surface area (TPSA) is 46.5 Å². The number of hydrogen-bond donors (Lipinski definition) is 1. The second-order valence-electron chi connectivity index (χ2n) is 5.67. The highest BCUT2D eigenvalue weighted by molar-refractivity contribution is 5.90. The van der Waals surface area contributed by atoms with E-state index in [2.05, 4.69) is 0 Å². The highest BCUT2D eigenvalue weighted by atomic mass is 19.1. The van der Waals surface area contributed by atoms with Crippen molar-refractivity contribution in [3.8, 4) is 5.75 Å². The summed E-state index contributed by atoms with van der Waals surface area (Å²) < 4.78 is 18.8. The molecule has 0 heterocycles. The fourth-order valence-corrected chi connectivity index (χ4v) is 1.79. The van der Waals surface area contributed by atoms with E-state index in [9.17, 15) is 14.3 Å². The maximum Gasteiger partial charge on any atom is 0.341 e. The van der Waals surface area contributed by atoms with Gasteiger partial charge in [-0.1, -0.05) is 0 Å². The average molecular weight is 252 g/mol. The predicted octanol–water partition coefficient (Wildman–Crippen LogP) is 3.36. The van der Waals surface area contributed by atoms with Crippen LogP contribution in [0.3, 0.4) is 0 Å². The summed E-state index contributed by atoms with van der Waals surface area (Å²) in [6.07, 6.45) is 1.93. The van der Waals surface area contributed by atoms with Crippen LogP contribution in [0.1, 0.15) is 55.5 Å². The zero-order chi connectivity index (χ0) is 13.5. The minimum absolute atomic E-state index is 0.0812. The largest absolute Gasteiger partial charge is 0.508 e. The van der Waals surface area contributed by atoms with Crippen LogP contribution in [0.25, 0.3) is 0 Å². The van der Waals surface area contributed by atoms with E-state index < -0.39 is 17.4 Å². The number of ether oxygens (including phenoxy) is 1. The number of aromatic hydroxyl groups is 1. The molecule has 0 bridgehead atoms. The van der Waals surface area contributed by atoms with Gasteiger partial charge in [-0.05, 0) is 51.2 Å². The summed E-state index contributed by atoms with van der Waals surface area (Å²) in [7, 11) is 0. The summed E-state index contributed by atoms with van der Waals surface area (Å²) in [6, 6.07) is 2.41. The molecule has 0 aliphatic heterocycles. The van der Waals surface area contributed by atoms with Gasteiger partial charge in [0.15, 0.2) is 0 Å². The van der Waals surface area contributed by atoms with Crippen LogP contribution < -0.4 is 0 Å². The average Bonchev–Trinajstić information content (AvgIpc) is 2.98. The zero-order valence-electron chi connectivity index (χ0n) is 10.8. The Morgan fingerprint density at radius 1 is 1.39 bits per heavy atom. The maximum absolute atomic E-state index is 13.7. The van der Waals surface area contributed by atoms with Crippen molar-refractivity contribution in [3.63, 3.8) is 0 Å². The molecule has 2 rings (SSSR count). The van der Waals surface area contributed by atoms with Gasteiger partial charge in [0.05, 0.1) is 5.56 Å². The molecule has 18 heavy (non-hydrogen) atoms. The van der Waals surface area contributed by atoms with Crippen molar-refractivity contribution in [3.05, 3.63) is 29.1 Å². The molecule has 0 atom stereocenters. The molecule has 1 fully saturated rings. The van der Waals surface area contributed by atoms with Gasteiger partial charge in [0.25, 0.3) is 0 Å². The SMILES string of the molecule is CC(C)(C)OC(=O)c1cc(C2CC2)c(O)cc1F. The van der Waals surface area contributed by atoms with Crippen molar-refractivity contribution in [1.29, 1.82) is 0 Å². The molecule has 1 N–H and O–H groups in total. The Morgan fingerprint density at radius 3 is 2.50 bits per heavy atom. The Bertz CT molecular complexity index is 485. The summed E-state index contributed by atoms with van der Waals surface area (Å²) in [5.41, 5.74) is -0.136. The van der Waals surface area contributed by atoms with E-state index in [-0.39, 0.29) is 17.2 Å². The summed E-state index contributed by atoms with van der Waals surface area (Å²) in [4.78, 5) is 11.8. The maximum atomic E-state index is 13.7. The van der Waals surface area contributed by atoms with Crippen LogP contribution in [-0.2, 0) is 4.74 Å². The van der Waals surface area contributed by atoms with Crippen molar-refractivity contribution >= 4 is 5.97 Å². The molecule has 1 saturated carbocycles. The third-order valence-corrected chi connectivity index (χ3v) is 2.75. The molecular weight excluding hydrogens is 235 g/mol. The molecule has 1 aromatic carbocycles. The molecule has 1 aliphatic rings. The fourth-order valence-electron chi connectivity index (χ4n) is 1.79. The molecule has 0 amide bonds. The minimum atomic E-state index is -0.744. The van der Waals surface area contributed by atoms with Crippen LogP contribution in [-0.4, -0.2) is 16.7 Å². The van der Waals surface area contributed by atoms with E-state index in [0.717, 1.165) is 18.9 Å². The number of carbonyl (C=O) groups is 1. The van der Waals surface area contributed by atoms with E-state index in [1.807, 2.05) is 0 Å². The van der Waals surface area contributed by atoms with Crippen LogP contribution in [0, 0.1) is 5.82 Å². The lowest BCUT2D eigenvalue weighted by Gasteiger charge is -2.20. The Labute approximate surface area is 106 Å². The predicted molar refractivity (Wildman–Crippen MR) is 65.2 cm³/mol. The number of esters is 1. The zero-order valence-corrected chi connectivity index (χ0v) is 10.8. The molecule has 0 unspecified atom stereocenters. The lowest BCUT2D eigenvalue weighted by molar-refractivity contribution is 0.00646. The van der Waals surface area contributed by atoms with Gasteiger partial charge in [-0.15, -0.1) is 0 Å². The molecule has 0 aromatic heterocycles. The molecule has 4 heteroatoms. The van der Waals surface area contributed by atoms with Gasteiger partial charge in [0.1, 0.15) is 17.2 Å². The Balaban J connectivity index is 2.32. The van der Waals surface area contributed by atoms with Crippen molar-refractivity contribution in [1.82, 2.24) is 0 Å². The van der Waals surface area contributed by atoms with E-state index in [4.69, 9.17) is 4.74 Å². The molecule has 0 spiro atoms. The van der Waals surface area contributed by atoms with Gasteiger partial charge in [-0.2, -0.15) is 0 Å². The summed E-state index contributed by atoms with van der Waals surface area (Å²) in [5.74, 6) is -1.28. The van der Waals surface area contributed by atoms with Crippen molar-refractivity contribution in [2.75, 3.05) is 0 Å². The van der Waals surface area contributed by atoms with E-state index >= 15 is 0 Å². The van der Waals surface area contributed by atoms with Gasteiger partial charge in [-0.25, -0.2) is 9.18 Å². The number of carbonyl (C=O) groups excluding carboxylic acids is 1. The second-order valence-corrected chi connectivity index (χ2v) is 5.67. The lowest BCUT2D eigenvalue weighted by atomic mass is 10.0. The van der Waals surface area contributed by atoms with Crippen molar-refractivity contribution in [2.45, 2.75) is 45.1 Å². The first-order valence-corrected chi connectivity index (χ1v) is 6.03. The van der Waals surface area contributed by atoms with Crippen LogP contribution in [0.15, 0.2) is 12.1 Å². The number of phenols is 1. The molecule has 0 saturated heterocycles. The molecule has 98 valence electrons. The lowest BCUT2D eigenvalue weighted by Crippen LogP contribution is -2.24. The standard InChI is InChI=1S/C14H17FO3/c1-14(2,3)18-13(17)10-6-9(8-4-5-8)12(16)7-11(10)15/h6-8,16H,4-5H2,1-3H3. The van der Waals surface area contributed by atoms with Gasteiger partial charge in [0, 0.05) is 6.07 Å². The summed E-state index contributed by atoms with van der Waals surface area (Å²) in [6.45, 7) is 5.18.